The second-order valence-corrected chi connectivity index (χ2v) is 5.08. The van der Waals surface area contributed by atoms with E-state index in [1.54, 1.807) is 6.07 Å². The number of para-hydroxylation sites is 1. The van der Waals surface area contributed by atoms with Crippen molar-refractivity contribution in [2.75, 3.05) is 6.54 Å². The minimum absolute atomic E-state index is 0. The molecule has 1 heterocycles. The van der Waals surface area contributed by atoms with Gasteiger partial charge in [-0.25, -0.2) is 9.24 Å². The highest BCUT2D eigenvalue weighted by molar-refractivity contribution is 5.83. The Morgan fingerprint density at radius 3 is 2.82 bits per heavy atom. The lowest BCUT2D eigenvalue weighted by Crippen LogP contribution is -2.30. The van der Waals surface area contributed by atoms with Crippen LogP contribution in [-0.2, 0) is 6.42 Å². The van der Waals surface area contributed by atoms with Gasteiger partial charge in [-0.05, 0) is 36.1 Å². The first-order valence-corrected chi connectivity index (χ1v) is 6.89. The van der Waals surface area contributed by atoms with Crippen LogP contribution in [0, 0.1) is 12.4 Å². The molecule has 0 aliphatic carbocycles. The van der Waals surface area contributed by atoms with Gasteiger partial charge in [0.25, 0.3) is 0 Å². The SMILES string of the molecule is C.[C-]#[N+]c1cc(F)ccc1-c1cccc2c1O[C@@H](CN)CC2. The summed E-state index contributed by atoms with van der Waals surface area (Å²) >= 11 is 0. The van der Waals surface area contributed by atoms with Crippen molar-refractivity contribution in [3.8, 4) is 16.9 Å². The molecule has 2 N–H and O–H groups in total. The summed E-state index contributed by atoms with van der Waals surface area (Å²) in [6, 6.07) is 10.1. The number of benzene rings is 2. The molecule has 4 heteroatoms. The Hall–Kier alpha value is -2.38. The van der Waals surface area contributed by atoms with Crippen molar-refractivity contribution in [3.05, 3.63) is 59.2 Å². The van der Waals surface area contributed by atoms with Crippen LogP contribution in [0.4, 0.5) is 10.1 Å². The van der Waals surface area contributed by atoms with Crippen molar-refractivity contribution in [2.45, 2.75) is 26.4 Å². The molecule has 114 valence electrons. The topological polar surface area (TPSA) is 39.6 Å². The van der Waals surface area contributed by atoms with Gasteiger partial charge in [0.1, 0.15) is 17.7 Å². The maximum Gasteiger partial charge on any atom is 0.197 e. The van der Waals surface area contributed by atoms with Gasteiger partial charge in [-0.2, -0.15) is 0 Å². The molecule has 0 amide bonds. The molecule has 0 fully saturated rings. The Morgan fingerprint density at radius 1 is 1.27 bits per heavy atom. The Bertz CT molecular complexity index is 722. The fourth-order valence-electron chi connectivity index (χ4n) is 2.67. The van der Waals surface area contributed by atoms with Gasteiger partial charge in [0, 0.05) is 12.1 Å². The molecule has 0 saturated carbocycles. The normalized spacial score (nSPS) is 16.0. The zero-order chi connectivity index (χ0) is 14.8. The molecular formula is C18H19FN2O. The van der Waals surface area contributed by atoms with Crippen LogP contribution in [0.3, 0.4) is 0 Å². The molecule has 0 spiro atoms. The highest BCUT2D eigenvalue weighted by Gasteiger charge is 2.22. The number of nitrogens with two attached hydrogens (primary N) is 1. The van der Waals surface area contributed by atoms with Crippen molar-refractivity contribution in [1.29, 1.82) is 0 Å². The third-order valence-corrected chi connectivity index (χ3v) is 3.75. The van der Waals surface area contributed by atoms with Crippen LogP contribution in [-0.4, -0.2) is 12.6 Å². The highest BCUT2D eigenvalue weighted by atomic mass is 19.1. The van der Waals surface area contributed by atoms with E-state index in [1.807, 2.05) is 18.2 Å². The van der Waals surface area contributed by atoms with Crippen molar-refractivity contribution < 1.29 is 9.13 Å². The number of halogens is 1. The van der Waals surface area contributed by atoms with Crippen LogP contribution < -0.4 is 10.5 Å². The van der Waals surface area contributed by atoms with E-state index in [0.29, 0.717) is 17.8 Å². The fourth-order valence-corrected chi connectivity index (χ4v) is 2.67. The molecule has 1 aliphatic heterocycles. The van der Waals surface area contributed by atoms with Gasteiger partial charge in [-0.15, -0.1) is 0 Å². The molecule has 1 aliphatic rings. The highest BCUT2D eigenvalue weighted by Crippen LogP contribution is 2.41. The summed E-state index contributed by atoms with van der Waals surface area (Å²) in [7, 11) is 0. The quantitative estimate of drug-likeness (QED) is 0.838. The van der Waals surface area contributed by atoms with E-state index in [-0.39, 0.29) is 13.5 Å². The zero-order valence-corrected chi connectivity index (χ0v) is 11.5. The van der Waals surface area contributed by atoms with Crippen LogP contribution in [0.2, 0.25) is 0 Å². The molecule has 3 nitrogen and oxygen atoms in total. The number of rotatable bonds is 2. The molecule has 3 rings (SSSR count). The van der Waals surface area contributed by atoms with Gasteiger partial charge < -0.3 is 10.5 Å². The van der Waals surface area contributed by atoms with Crippen LogP contribution in [0.25, 0.3) is 16.0 Å². The second-order valence-electron chi connectivity index (χ2n) is 5.08. The smallest absolute Gasteiger partial charge is 0.197 e. The first kappa shape index (κ1) is 16.0. The van der Waals surface area contributed by atoms with Crippen molar-refractivity contribution in [2.24, 2.45) is 5.73 Å². The van der Waals surface area contributed by atoms with Gasteiger partial charge in [-0.3, -0.25) is 0 Å². The number of hydrogen-bond acceptors (Lipinski definition) is 2. The Morgan fingerprint density at radius 2 is 2.09 bits per heavy atom. The second kappa shape index (κ2) is 6.59. The van der Waals surface area contributed by atoms with E-state index in [0.717, 1.165) is 29.7 Å². The van der Waals surface area contributed by atoms with E-state index < -0.39 is 5.82 Å². The summed E-state index contributed by atoms with van der Waals surface area (Å²) < 4.78 is 19.3. The van der Waals surface area contributed by atoms with Gasteiger partial charge in [0.15, 0.2) is 5.69 Å². The third kappa shape index (κ3) is 2.81. The van der Waals surface area contributed by atoms with Crippen molar-refractivity contribution in [1.82, 2.24) is 0 Å². The lowest BCUT2D eigenvalue weighted by molar-refractivity contribution is 0.182. The average Bonchev–Trinajstić information content (AvgIpc) is 2.53. The summed E-state index contributed by atoms with van der Waals surface area (Å²) in [6.07, 6.45) is 1.79. The Balaban J connectivity index is 0.00000176. The van der Waals surface area contributed by atoms with Crippen LogP contribution >= 0.6 is 0 Å². The maximum absolute atomic E-state index is 13.3. The standard InChI is InChI=1S/C17H15FN2O.CH4/c1-20-16-9-12(18)6-8-14(16)15-4-2-3-11-5-7-13(10-19)21-17(11)15;/h2-4,6,8-9,13H,5,7,10,19H2;1H4/t13-;/m1./s1. The van der Waals surface area contributed by atoms with Crippen molar-refractivity contribution >= 4 is 5.69 Å². The molecular weight excluding hydrogens is 279 g/mol. The van der Waals surface area contributed by atoms with E-state index in [2.05, 4.69) is 4.85 Å². The van der Waals surface area contributed by atoms with Crippen LogP contribution in [0.5, 0.6) is 5.75 Å². The molecule has 2 aromatic carbocycles. The van der Waals surface area contributed by atoms with Crippen LogP contribution in [0.15, 0.2) is 36.4 Å². The lowest BCUT2D eigenvalue weighted by atomic mass is 9.95. The van der Waals surface area contributed by atoms with E-state index in [1.165, 1.54) is 12.1 Å². The molecule has 0 radical (unpaired) electrons. The monoisotopic (exact) mass is 298 g/mol. The summed E-state index contributed by atoms with van der Waals surface area (Å²) in [5.74, 6) is 0.367. The van der Waals surface area contributed by atoms with Gasteiger partial charge >= 0.3 is 0 Å². The predicted octanol–water partition coefficient (Wildman–Crippen LogP) is 4.33. The summed E-state index contributed by atoms with van der Waals surface area (Å²) in [5.41, 5.74) is 8.63. The van der Waals surface area contributed by atoms with Gasteiger partial charge in [0.05, 0.1) is 6.57 Å². The van der Waals surface area contributed by atoms with E-state index in [9.17, 15) is 4.39 Å². The maximum atomic E-state index is 13.3. The number of nitrogens with zero attached hydrogens (tertiary/aromatic N) is 1. The molecule has 0 bridgehead atoms. The van der Waals surface area contributed by atoms with Gasteiger partial charge in [0.2, 0.25) is 0 Å². The summed E-state index contributed by atoms with van der Waals surface area (Å²) in [5, 5.41) is 0. The molecule has 0 unspecified atom stereocenters. The summed E-state index contributed by atoms with van der Waals surface area (Å²) in [6.45, 7) is 7.71. The zero-order valence-electron chi connectivity index (χ0n) is 11.5. The first-order valence-electron chi connectivity index (χ1n) is 6.89. The Labute approximate surface area is 130 Å². The number of hydrogen-bond donors (Lipinski definition) is 1. The number of aryl methyl sites for hydroxylation is 1. The average molecular weight is 298 g/mol. The minimum atomic E-state index is -0.407. The van der Waals surface area contributed by atoms with Crippen LogP contribution in [0.1, 0.15) is 19.4 Å². The third-order valence-electron chi connectivity index (χ3n) is 3.75. The molecule has 0 aromatic heterocycles. The van der Waals surface area contributed by atoms with E-state index in [4.69, 9.17) is 17.0 Å². The predicted molar refractivity (Wildman–Crippen MR) is 86.6 cm³/mol. The minimum Gasteiger partial charge on any atom is -0.488 e. The fraction of sp³-hybridized carbons (Fsp3) is 0.278. The lowest BCUT2D eigenvalue weighted by Gasteiger charge is -2.27. The molecule has 1 atom stereocenters. The first-order chi connectivity index (χ1) is 10.2. The largest absolute Gasteiger partial charge is 0.488 e. The molecule has 22 heavy (non-hydrogen) atoms. The number of ether oxygens (including phenoxy) is 1. The van der Waals surface area contributed by atoms with Crippen molar-refractivity contribution in [3.63, 3.8) is 0 Å². The molecule has 0 saturated heterocycles. The summed E-state index contributed by atoms with van der Waals surface area (Å²) in [4.78, 5) is 3.43. The number of fused-ring (bicyclic) bond motifs is 1. The van der Waals surface area contributed by atoms with E-state index >= 15 is 0 Å². The molecule has 2 aromatic rings. The Kier molecular flexibility index (Phi) is 4.79. The van der Waals surface area contributed by atoms with Gasteiger partial charge in [-0.1, -0.05) is 31.7 Å².